The highest BCUT2D eigenvalue weighted by Crippen LogP contribution is 2.39. The first-order valence-electron chi connectivity index (χ1n) is 9.31. The van der Waals surface area contributed by atoms with Crippen LogP contribution in [0.2, 0.25) is 0 Å². The average molecular weight is 414 g/mol. The van der Waals surface area contributed by atoms with E-state index in [4.69, 9.17) is 9.47 Å². The largest absolute Gasteiger partial charge is 0.493 e. The van der Waals surface area contributed by atoms with E-state index in [-0.39, 0.29) is 11.9 Å². The molecule has 0 radical (unpaired) electrons. The molecule has 1 aliphatic rings. The van der Waals surface area contributed by atoms with E-state index in [0.717, 1.165) is 18.5 Å². The number of thiophene rings is 2. The second-order valence-electron chi connectivity index (χ2n) is 6.74. The van der Waals surface area contributed by atoms with Gasteiger partial charge in [0.1, 0.15) is 0 Å². The number of benzene rings is 1. The van der Waals surface area contributed by atoms with Crippen LogP contribution in [0.3, 0.4) is 0 Å². The highest BCUT2D eigenvalue weighted by Gasteiger charge is 2.33. The second-order valence-corrected chi connectivity index (χ2v) is 8.72. The van der Waals surface area contributed by atoms with Gasteiger partial charge in [0, 0.05) is 22.7 Å². The molecule has 1 aromatic carbocycles. The maximum Gasteiger partial charge on any atom is 0.223 e. The third kappa shape index (κ3) is 3.66. The molecule has 0 fully saturated rings. The van der Waals surface area contributed by atoms with Crippen molar-refractivity contribution >= 4 is 28.6 Å². The van der Waals surface area contributed by atoms with Gasteiger partial charge in [-0.25, -0.2) is 0 Å². The molecule has 0 spiro atoms. The molecule has 3 heterocycles. The molecular formula is C22H23NO3S2. The number of methoxy groups -OCH3 is 2. The highest BCUT2D eigenvalue weighted by atomic mass is 32.1. The van der Waals surface area contributed by atoms with Crippen molar-refractivity contribution in [3.8, 4) is 11.5 Å². The molecule has 4 nitrogen and oxygen atoms in total. The molecule has 1 aliphatic heterocycles. The van der Waals surface area contributed by atoms with Crippen LogP contribution < -0.4 is 9.47 Å². The molecule has 1 atom stereocenters. The summed E-state index contributed by atoms with van der Waals surface area (Å²) in [5.41, 5.74) is 2.37. The third-order valence-corrected chi connectivity index (χ3v) is 7.10. The quantitative estimate of drug-likeness (QED) is 0.575. The van der Waals surface area contributed by atoms with Gasteiger partial charge in [0.25, 0.3) is 0 Å². The van der Waals surface area contributed by atoms with Crippen LogP contribution in [-0.4, -0.2) is 31.6 Å². The zero-order valence-electron chi connectivity index (χ0n) is 16.0. The average Bonchev–Trinajstić information content (AvgIpc) is 3.42. The summed E-state index contributed by atoms with van der Waals surface area (Å²) in [6.07, 6.45) is 2.11. The number of rotatable bonds is 6. The zero-order valence-corrected chi connectivity index (χ0v) is 17.6. The van der Waals surface area contributed by atoms with E-state index in [2.05, 4.69) is 33.9 Å². The first-order valence-corrected chi connectivity index (χ1v) is 11.1. The number of carbonyl (C=O) groups is 1. The van der Waals surface area contributed by atoms with Gasteiger partial charge in [0.05, 0.1) is 20.3 Å². The van der Waals surface area contributed by atoms with Gasteiger partial charge >= 0.3 is 0 Å². The number of fused-ring (bicyclic) bond motifs is 1. The Balaban J connectivity index is 1.51. The van der Waals surface area contributed by atoms with Crippen molar-refractivity contribution in [1.29, 1.82) is 0 Å². The topological polar surface area (TPSA) is 38.8 Å². The summed E-state index contributed by atoms with van der Waals surface area (Å²) in [6, 6.07) is 12.3. The molecular weight excluding hydrogens is 390 g/mol. The Morgan fingerprint density at radius 2 is 1.96 bits per heavy atom. The van der Waals surface area contributed by atoms with Gasteiger partial charge in [0.2, 0.25) is 5.91 Å². The molecule has 0 aliphatic carbocycles. The maximum atomic E-state index is 13.2. The van der Waals surface area contributed by atoms with Crippen molar-refractivity contribution in [3.63, 3.8) is 0 Å². The summed E-state index contributed by atoms with van der Waals surface area (Å²) in [7, 11) is 3.26. The fourth-order valence-electron chi connectivity index (χ4n) is 3.77. The molecule has 0 N–H and O–H groups in total. The fourth-order valence-corrected chi connectivity index (χ4v) is 5.53. The molecule has 1 amide bonds. The number of hydrogen-bond donors (Lipinski definition) is 0. The van der Waals surface area contributed by atoms with Gasteiger partial charge in [-0.3, -0.25) is 4.79 Å². The van der Waals surface area contributed by atoms with Crippen LogP contribution in [0.5, 0.6) is 11.5 Å². The van der Waals surface area contributed by atoms with Crippen LogP contribution >= 0.6 is 22.7 Å². The summed E-state index contributed by atoms with van der Waals surface area (Å²) >= 11 is 3.52. The van der Waals surface area contributed by atoms with Gasteiger partial charge in [-0.2, -0.15) is 0 Å². The molecule has 146 valence electrons. The van der Waals surface area contributed by atoms with E-state index < -0.39 is 0 Å². The number of ether oxygens (including phenoxy) is 2. The molecule has 3 aromatic rings. The Morgan fingerprint density at radius 3 is 2.71 bits per heavy atom. The van der Waals surface area contributed by atoms with Gasteiger partial charge in [0.15, 0.2) is 11.5 Å². The minimum atomic E-state index is 0.0490. The molecule has 4 rings (SSSR count). The van der Waals surface area contributed by atoms with Crippen LogP contribution in [0.4, 0.5) is 0 Å². The van der Waals surface area contributed by atoms with Gasteiger partial charge in [-0.15, -0.1) is 22.7 Å². The highest BCUT2D eigenvalue weighted by molar-refractivity contribution is 7.10. The van der Waals surface area contributed by atoms with E-state index in [1.807, 2.05) is 18.2 Å². The van der Waals surface area contributed by atoms with E-state index in [9.17, 15) is 4.79 Å². The van der Waals surface area contributed by atoms with Crippen LogP contribution in [-0.2, 0) is 17.6 Å². The lowest BCUT2D eigenvalue weighted by atomic mass is 9.97. The Morgan fingerprint density at radius 1 is 1.11 bits per heavy atom. The summed E-state index contributed by atoms with van der Waals surface area (Å²) in [5.74, 6) is 1.60. The predicted molar refractivity (Wildman–Crippen MR) is 114 cm³/mol. The number of carbonyl (C=O) groups excluding carboxylic acids is 1. The SMILES string of the molecule is COc1ccc(CCC(=O)N2CCc3sccc3C2c2cccs2)cc1OC. The first-order chi connectivity index (χ1) is 13.7. The van der Waals surface area contributed by atoms with Crippen molar-refractivity contribution in [2.45, 2.75) is 25.3 Å². The molecule has 1 unspecified atom stereocenters. The second kappa shape index (κ2) is 8.37. The smallest absolute Gasteiger partial charge is 0.223 e. The van der Waals surface area contributed by atoms with Crippen LogP contribution in [0, 0.1) is 0 Å². The van der Waals surface area contributed by atoms with Gasteiger partial charge in [-0.05, 0) is 59.0 Å². The van der Waals surface area contributed by atoms with E-state index in [0.29, 0.717) is 24.3 Å². The van der Waals surface area contributed by atoms with Crippen molar-refractivity contribution < 1.29 is 14.3 Å². The summed E-state index contributed by atoms with van der Waals surface area (Å²) in [5, 5.41) is 4.23. The molecule has 0 saturated carbocycles. The van der Waals surface area contributed by atoms with Gasteiger partial charge in [-0.1, -0.05) is 12.1 Å². The van der Waals surface area contributed by atoms with Crippen molar-refractivity contribution in [2.24, 2.45) is 0 Å². The standard InChI is InChI=1S/C22H23NO3S2/c1-25-17-7-5-15(14-18(17)26-2)6-8-21(24)23-11-9-19-16(10-13-28-19)22(23)20-4-3-12-27-20/h3-5,7,10,12-14,22H,6,8-9,11H2,1-2H3. The Hall–Kier alpha value is -2.31. The lowest BCUT2D eigenvalue weighted by Gasteiger charge is -2.35. The third-order valence-electron chi connectivity index (χ3n) is 5.17. The van der Waals surface area contributed by atoms with E-state index in [1.54, 1.807) is 36.9 Å². The number of aryl methyl sites for hydroxylation is 1. The first kappa shape index (κ1) is 19.0. The Labute approximate surface area is 173 Å². The van der Waals surface area contributed by atoms with Crippen molar-refractivity contribution in [1.82, 2.24) is 4.90 Å². The van der Waals surface area contributed by atoms with Crippen LogP contribution in [0.15, 0.2) is 47.2 Å². The summed E-state index contributed by atoms with van der Waals surface area (Å²) < 4.78 is 10.7. The predicted octanol–water partition coefficient (Wildman–Crippen LogP) is 4.93. The van der Waals surface area contributed by atoms with Crippen LogP contribution in [0.25, 0.3) is 0 Å². The summed E-state index contributed by atoms with van der Waals surface area (Å²) in [4.78, 5) is 17.9. The maximum absolute atomic E-state index is 13.2. The Kier molecular flexibility index (Phi) is 5.69. The lowest BCUT2D eigenvalue weighted by molar-refractivity contribution is -0.133. The molecule has 0 saturated heterocycles. The Bertz CT molecular complexity index is 949. The minimum absolute atomic E-state index is 0.0490. The summed E-state index contributed by atoms with van der Waals surface area (Å²) in [6.45, 7) is 0.779. The van der Waals surface area contributed by atoms with Gasteiger partial charge < -0.3 is 14.4 Å². The number of nitrogens with zero attached hydrogens (tertiary/aromatic N) is 1. The van der Waals surface area contributed by atoms with E-state index >= 15 is 0 Å². The van der Waals surface area contributed by atoms with Crippen molar-refractivity contribution in [3.05, 3.63) is 68.0 Å². The molecule has 2 aromatic heterocycles. The minimum Gasteiger partial charge on any atom is -0.493 e. The molecule has 6 heteroatoms. The monoisotopic (exact) mass is 413 g/mol. The van der Waals surface area contributed by atoms with Crippen molar-refractivity contribution in [2.75, 3.05) is 20.8 Å². The molecule has 28 heavy (non-hydrogen) atoms. The normalized spacial score (nSPS) is 15.9. The van der Waals surface area contributed by atoms with E-state index in [1.165, 1.54) is 15.3 Å². The lowest BCUT2D eigenvalue weighted by Crippen LogP contribution is -2.39. The molecule has 0 bridgehead atoms. The number of hydrogen-bond acceptors (Lipinski definition) is 5. The number of amides is 1. The van der Waals surface area contributed by atoms with Crippen LogP contribution in [0.1, 0.15) is 33.3 Å². The zero-order chi connectivity index (χ0) is 19.5. The fraction of sp³-hybridized carbons (Fsp3) is 0.318.